The highest BCUT2D eigenvalue weighted by Crippen LogP contribution is 2.29. The van der Waals surface area contributed by atoms with Gasteiger partial charge in [-0.3, -0.25) is 9.89 Å². The van der Waals surface area contributed by atoms with Crippen molar-refractivity contribution in [2.75, 3.05) is 23.8 Å². The molecule has 1 atom stereocenters. The number of anilines is 2. The van der Waals surface area contributed by atoms with Crippen LogP contribution in [0.15, 0.2) is 47.4 Å². The van der Waals surface area contributed by atoms with E-state index in [2.05, 4.69) is 20.8 Å². The van der Waals surface area contributed by atoms with Crippen molar-refractivity contribution >= 4 is 27.4 Å². The van der Waals surface area contributed by atoms with Gasteiger partial charge in [0.1, 0.15) is 11.6 Å². The van der Waals surface area contributed by atoms with Gasteiger partial charge in [-0.15, -0.1) is 0 Å². The molecule has 1 unspecified atom stereocenters. The normalized spacial score (nSPS) is 14.9. The quantitative estimate of drug-likeness (QED) is 0.373. The summed E-state index contributed by atoms with van der Waals surface area (Å²) >= 11 is 0. The standard InChI is InChI=1S/C23H25F2N5O4S/c1-14(7-9-31)26-20-5-3-2-4-18(20)23(32)27-22-19-13-30(8-6-21(19)28-29-22)35(33,34)17-11-15(24)10-16(25)12-17/h2-5,10-12,14,26,31H,6-9,13H2,1H3,(H2,27,28,29,32). The summed E-state index contributed by atoms with van der Waals surface area (Å²) in [5.41, 5.74) is 2.07. The Balaban J connectivity index is 1.56. The minimum absolute atomic E-state index is 0.00358. The van der Waals surface area contributed by atoms with Crippen molar-refractivity contribution in [3.8, 4) is 0 Å². The van der Waals surface area contributed by atoms with Gasteiger partial charge in [-0.1, -0.05) is 12.1 Å². The van der Waals surface area contributed by atoms with E-state index in [-0.39, 0.29) is 38.0 Å². The van der Waals surface area contributed by atoms with Crippen LogP contribution < -0.4 is 10.6 Å². The van der Waals surface area contributed by atoms with Crippen molar-refractivity contribution in [3.05, 3.63) is 70.9 Å². The molecule has 0 fully saturated rings. The third-order valence-electron chi connectivity index (χ3n) is 5.74. The average molecular weight is 506 g/mol. The Bertz CT molecular complexity index is 1330. The molecule has 4 rings (SSSR count). The molecular weight excluding hydrogens is 480 g/mol. The molecule has 0 aliphatic carbocycles. The topological polar surface area (TPSA) is 127 Å². The van der Waals surface area contributed by atoms with Gasteiger partial charge in [-0.05, 0) is 37.6 Å². The summed E-state index contributed by atoms with van der Waals surface area (Å²) in [4.78, 5) is 12.6. The monoisotopic (exact) mass is 505 g/mol. The van der Waals surface area contributed by atoms with Crippen molar-refractivity contribution in [2.45, 2.75) is 37.2 Å². The molecule has 2 aromatic carbocycles. The second-order valence-electron chi connectivity index (χ2n) is 8.28. The number of halogens is 2. The number of carbonyl (C=O) groups is 1. The third kappa shape index (κ3) is 5.34. The lowest BCUT2D eigenvalue weighted by atomic mass is 10.1. The third-order valence-corrected chi connectivity index (χ3v) is 7.56. The van der Waals surface area contributed by atoms with E-state index in [4.69, 9.17) is 5.11 Å². The first-order valence-corrected chi connectivity index (χ1v) is 12.4. The minimum Gasteiger partial charge on any atom is -0.396 e. The van der Waals surface area contributed by atoms with Crippen LogP contribution >= 0.6 is 0 Å². The van der Waals surface area contributed by atoms with Crippen LogP contribution in [0.4, 0.5) is 20.3 Å². The number of H-pyrrole nitrogens is 1. The lowest BCUT2D eigenvalue weighted by Gasteiger charge is -2.26. The number of amides is 1. The molecule has 0 saturated carbocycles. The smallest absolute Gasteiger partial charge is 0.258 e. The van der Waals surface area contributed by atoms with Crippen molar-refractivity contribution in [1.29, 1.82) is 0 Å². The van der Waals surface area contributed by atoms with Gasteiger partial charge in [0.05, 0.1) is 10.5 Å². The zero-order valence-electron chi connectivity index (χ0n) is 18.9. The van der Waals surface area contributed by atoms with Gasteiger partial charge in [0, 0.05) is 55.2 Å². The van der Waals surface area contributed by atoms with E-state index in [0.29, 0.717) is 35.0 Å². The van der Waals surface area contributed by atoms with E-state index in [1.807, 2.05) is 6.92 Å². The number of rotatable bonds is 8. The Labute approximate surface area is 201 Å². The van der Waals surface area contributed by atoms with E-state index in [0.717, 1.165) is 16.4 Å². The van der Waals surface area contributed by atoms with Crippen molar-refractivity contribution < 1.29 is 27.1 Å². The Morgan fingerprint density at radius 3 is 2.66 bits per heavy atom. The molecular formula is C23H25F2N5O4S. The van der Waals surface area contributed by atoms with E-state index in [1.54, 1.807) is 24.3 Å². The van der Waals surface area contributed by atoms with Gasteiger partial charge in [0.15, 0.2) is 5.82 Å². The zero-order chi connectivity index (χ0) is 25.2. The van der Waals surface area contributed by atoms with E-state index >= 15 is 0 Å². The fraction of sp³-hybridized carbons (Fsp3) is 0.304. The van der Waals surface area contributed by atoms with Crippen molar-refractivity contribution in [2.24, 2.45) is 0 Å². The number of benzene rings is 2. The van der Waals surface area contributed by atoms with Crippen LogP contribution in [-0.2, 0) is 23.0 Å². The second kappa shape index (κ2) is 10.1. The first-order chi connectivity index (χ1) is 16.7. The summed E-state index contributed by atoms with van der Waals surface area (Å²) in [6, 6.07) is 8.95. The molecule has 9 nitrogen and oxygen atoms in total. The molecule has 0 saturated heterocycles. The SMILES string of the molecule is CC(CCO)Nc1ccccc1C(=O)Nc1n[nH]c2c1CN(S(=O)(=O)c1cc(F)cc(F)c1)CC2. The van der Waals surface area contributed by atoms with E-state index < -0.39 is 32.5 Å². The maximum absolute atomic E-state index is 13.6. The molecule has 1 amide bonds. The lowest BCUT2D eigenvalue weighted by Crippen LogP contribution is -2.36. The molecule has 12 heteroatoms. The van der Waals surface area contributed by atoms with Crippen LogP contribution in [0, 0.1) is 11.6 Å². The van der Waals surface area contributed by atoms with Crippen LogP contribution in [0.5, 0.6) is 0 Å². The summed E-state index contributed by atoms with van der Waals surface area (Å²) in [5.74, 6) is -2.25. The van der Waals surface area contributed by atoms with Gasteiger partial charge in [-0.25, -0.2) is 17.2 Å². The molecule has 0 radical (unpaired) electrons. The zero-order valence-corrected chi connectivity index (χ0v) is 19.7. The number of para-hydroxylation sites is 1. The Morgan fingerprint density at radius 1 is 1.23 bits per heavy atom. The van der Waals surface area contributed by atoms with E-state index in [9.17, 15) is 22.0 Å². The van der Waals surface area contributed by atoms with Crippen LogP contribution in [-0.4, -0.2) is 53.1 Å². The summed E-state index contributed by atoms with van der Waals surface area (Å²) < 4.78 is 54.4. The highest BCUT2D eigenvalue weighted by Gasteiger charge is 2.32. The van der Waals surface area contributed by atoms with Crippen LogP contribution in [0.25, 0.3) is 0 Å². The predicted octanol–water partition coefficient (Wildman–Crippen LogP) is 2.87. The molecule has 3 aromatic rings. The second-order valence-corrected chi connectivity index (χ2v) is 10.2. The molecule has 1 aliphatic heterocycles. The number of aromatic amines is 1. The Morgan fingerprint density at radius 2 is 1.94 bits per heavy atom. The maximum atomic E-state index is 13.6. The molecule has 4 N–H and O–H groups in total. The number of hydrogen-bond acceptors (Lipinski definition) is 6. The molecule has 35 heavy (non-hydrogen) atoms. The number of aromatic nitrogens is 2. The number of fused-ring (bicyclic) bond motifs is 1. The van der Waals surface area contributed by atoms with Crippen LogP contribution in [0.2, 0.25) is 0 Å². The van der Waals surface area contributed by atoms with Gasteiger partial charge in [-0.2, -0.15) is 9.40 Å². The largest absolute Gasteiger partial charge is 0.396 e. The number of nitrogens with zero attached hydrogens (tertiary/aromatic N) is 2. The first kappa shape index (κ1) is 24.8. The van der Waals surface area contributed by atoms with Crippen molar-refractivity contribution in [1.82, 2.24) is 14.5 Å². The molecule has 0 bridgehead atoms. The summed E-state index contributed by atoms with van der Waals surface area (Å²) in [6.07, 6.45) is 0.786. The molecule has 0 spiro atoms. The maximum Gasteiger partial charge on any atom is 0.258 e. The summed E-state index contributed by atoms with van der Waals surface area (Å²) in [5, 5.41) is 22.0. The molecule has 1 aromatic heterocycles. The lowest BCUT2D eigenvalue weighted by molar-refractivity contribution is 0.102. The van der Waals surface area contributed by atoms with Crippen LogP contribution in [0.1, 0.15) is 35.0 Å². The summed E-state index contributed by atoms with van der Waals surface area (Å²) in [6.45, 7) is 1.84. The first-order valence-electron chi connectivity index (χ1n) is 11.0. The Hall–Kier alpha value is -3.35. The fourth-order valence-corrected chi connectivity index (χ4v) is 5.37. The highest BCUT2D eigenvalue weighted by atomic mass is 32.2. The molecule has 2 heterocycles. The number of carbonyl (C=O) groups excluding carboxylic acids is 1. The van der Waals surface area contributed by atoms with Gasteiger partial charge in [0.2, 0.25) is 10.0 Å². The highest BCUT2D eigenvalue weighted by molar-refractivity contribution is 7.89. The van der Waals surface area contributed by atoms with Crippen LogP contribution in [0.3, 0.4) is 0 Å². The molecule has 1 aliphatic rings. The van der Waals surface area contributed by atoms with Gasteiger partial charge >= 0.3 is 0 Å². The number of hydrogen-bond donors (Lipinski definition) is 4. The summed E-state index contributed by atoms with van der Waals surface area (Å²) in [7, 11) is -4.18. The number of sulfonamides is 1. The molecule has 186 valence electrons. The predicted molar refractivity (Wildman–Crippen MR) is 125 cm³/mol. The number of aliphatic hydroxyl groups excluding tert-OH is 1. The fourth-order valence-electron chi connectivity index (χ4n) is 3.92. The van der Waals surface area contributed by atoms with Gasteiger partial charge < -0.3 is 15.7 Å². The number of nitrogens with one attached hydrogen (secondary N) is 3. The van der Waals surface area contributed by atoms with E-state index in [1.165, 1.54) is 0 Å². The van der Waals surface area contributed by atoms with Crippen molar-refractivity contribution in [3.63, 3.8) is 0 Å². The van der Waals surface area contributed by atoms with Gasteiger partial charge in [0.25, 0.3) is 5.91 Å². The average Bonchev–Trinajstić information content (AvgIpc) is 3.21. The Kier molecular flexibility index (Phi) is 7.15. The minimum atomic E-state index is -4.18. The number of aliphatic hydroxyl groups is 1.